The van der Waals surface area contributed by atoms with Gasteiger partial charge in [0.2, 0.25) is 5.88 Å². The van der Waals surface area contributed by atoms with E-state index < -0.39 is 23.7 Å². The molecular formula is C35H35N7O6. The molecule has 3 aliphatic heterocycles. The number of aliphatic carboxylic acids is 1. The number of benzene rings is 1. The highest BCUT2D eigenvalue weighted by Crippen LogP contribution is 2.40. The summed E-state index contributed by atoms with van der Waals surface area (Å²) in [5, 5.41) is 15.6. The number of anilines is 2. The summed E-state index contributed by atoms with van der Waals surface area (Å²) in [6, 6.07) is 8.69. The third-order valence-corrected chi connectivity index (χ3v) is 9.55. The normalized spacial score (nSPS) is 21.8. The summed E-state index contributed by atoms with van der Waals surface area (Å²) in [5.41, 5.74) is 4.54. The second kappa shape index (κ2) is 11.5. The fourth-order valence-corrected chi connectivity index (χ4v) is 6.96. The summed E-state index contributed by atoms with van der Waals surface area (Å²) in [5.74, 6) is 6.87. The Balaban J connectivity index is 1.15. The highest BCUT2D eigenvalue weighted by atomic mass is 16.6. The van der Waals surface area contributed by atoms with Crippen molar-refractivity contribution >= 4 is 39.5 Å². The van der Waals surface area contributed by atoms with Gasteiger partial charge in [-0.25, -0.2) is 19.7 Å². The molecule has 246 valence electrons. The Kier molecular flexibility index (Phi) is 7.23. The van der Waals surface area contributed by atoms with Gasteiger partial charge in [-0.15, -0.1) is 0 Å². The predicted octanol–water partition coefficient (Wildman–Crippen LogP) is 3.63. The van der Waals surface area contributed by atoms with E-state index in [1.54, 1.807) is 22.7 Å². The second-order valence-corrected chi connectivity index (χ2v) is 12.7. The number of hydrogen-bond donors (Lipinski definition) is 1. The lowest BCUT2D eigenvalue weighted by atomic mass is 9.90. The Morgan fingerprint density at radius 3 is 2.73 bits per heavy atom. The third kappa shape index (κ3) is 5.08. The van der Waals surface area contributed by atoms with Crippen LogP contribution in [0.15, 0.2) is 47.1 Å². The maximum atomic E-state index is 12.7. The van der Waals surface area contributed by atoms with Crippen molar-refractivity contribution in [3.8, 4) is 17.7 Å². The molecule has 0 amide bonds. The van der Waals surface area contributed by atoms with Gasteiger partial charge in [-0.1, -0.05) is 24.0 Å². The second-order valence-electron chi connectivity index (χ2n) is 12.7. The molecular weight excluding hydrogens is 614 g/mol. The summed E-state index contributed by atoms with van der Waals surface area (Å²) < 4.78 is 26.3. The van der Waals surface area contributed by atoms with E-state index in [0.717, 1.165) is 27.9 Å². The standard InChI is InChI=1S/C35H35N7O6/c1-20-24(16-40(4)39-20)10-9-23-13-27(41-11-12-46-35(21(41)2)18-45-19-35)33(36-15-23)47-25-14-28(34(43)44)42(17-25)32-31-30(37-22(3)38-32)26-7-5-6-8-29(26)48-31/h5-8,13,15-16,21,25,28H,11-12,14,17-19H2,1-4H3,(H,43,44)/t21-,25-,28-/m0/s1. The molecule has 3 fully saturated rings. The van der Waals surface area contributed by atoms with Crippen LogP contribution in [0.3, 0.4) is 0 Å². The molecule has 48 heavy (non-hydrogen) atoms. The Bertz CT molecular complexity index is 2130. The first kappa shape index (κ1) is 30.2. The van der Waals surface area contributed by atoms with Crippen LogP contribution in [0.1, 0.15) is 36.0 Å². The van der Waals surface area contributed by atoms with Gasteiger partial charge in [0.05, 0.1) is 43.7 Å². The molecule has 3 atom stereocenters. The molecule has 0 radical (unpaired) electrons. The maximum Gasteiger partial charge on any atom is 0.326 e. The molecule has 1 aromatic carbocycles. The van der Waals surface area contributed by atoms with Gasteiger partial charge in [0.15, 0.2) is 11.4 Å². The number of para-hydroxylation sites is 1. The molecule has 3 aliphatic rings. The van der Waals surface area contributed by atoms with E-state index in [4.69, 9.17) is 23.6 Å². The SMILES string of the molecule is Cc1nc(N2C[C@@H](Oc3ncc(C#Cc4cn(C)nc4C)cc3N3CCOC4(COC4)[C@@H]3C)C[C@H]2C(=O)O)c2oc3ccccc3c2n1. The summed E-state index contributed by atoms with van der Waals surface area (Å²) in [7, 11) is 1.87. The van der Waals surface area contributed by atoms with E-state index in [1.807, 2.05) is 50.5 Å². The Morgan fingerprint density at radius 1 is 1.15 bits per heavy atom. The quantitative estimate of drug-likeness (QED) is 0.278. The van der Waals surface area contributed by atoms with Crippen LogP contribution in [-0.2, 0) is 21.3 Å². The molecule has 13 nitrogen and oxygen atoms in total. The van der Waals surface area contributed by atoms with Gasteiger partial charge in [0.25, 0.3) is 0 Å². The van der Waals surface area contributed by atoms with Crippen LogP contribution >= 0.6 is 0 Å². The maximum absolute atomic E-state index is 12.7. The summed E-state index contributed by atoms with van der Waals surface area (Å²) in [6.45, 7) is 8.29. The lowest BCUT2D eigenvalue weighted by Gasteiger charge is -2.53. The molecule has 4 aromatic heterocycles. The number of aromatic nitrogens is 5. The van der Waals surface area contributed by atoms with Crippen LogP contribution in [0.4, 0.5) is 11.5 Å². The molecule has 8 rings (SSSR count). The number of aryl methyl sites for hydroxylation is 3. The average Bonchev–Trinajstić information content (AvgIpc) is 3.74. The fourth-order valence-electron chi connectivity index (χ4n) is 6.96. The number of nitrogens with zero attached hydrogens (tertiary/aromatic N) is 7. The van der Waals surface area contributed by atoms with Gasteiger partial charge in [-0.3, -0.25) is 4.68 Å². The molecule has 13 heteroatoms. The number of hydrogen-bond acceptors (Lipinski definition) is 11. The first-order chi connectivity index (χ1) is 23.2. The van der Waals surface area contributed by atoms with Crippen LogP contribution in [0.2, 0.25) is 0 Å². The molecule has 0 unspecified atom stereocenters. The molecule has 1 N–H and O–H groups in total. The number of carboxylic acids is 1. The minimum absolute atomic E-state index is 0.0230. The van der Waals surface area contributed by atoms with Gasteiger partial charge in [-0.2, -0.15) is 5.10 Å². The lowest BCUT2D eigenvalue weighted by molar-refractivity contribution is -0.228. The Morgan fingerprint density at radius 2 is 1.98 bits per heavy atom. The number of ether oxygens (including phenoxy) is 3. The molecule has 0 bridgehead atoms. The van der Waals surface area contributed by atoms with Crippen molar-refractivity contribution in [1.29, 1.82) is 0 Å². The van der Waals surface area contributed by atoms with E-state index in [9.17, 15) is 9.90 Å². The Hall–Kier alpha value is -5.19. The van der Waals surface area contributed by atoms with Crippen molar-refractivity contribution < 1.29 is 28.5 Å². The topological polar surface area (TPSA) is 141 Å². The minimum Gasteiger partial charge on any atom is -0.480 e. The van der Waals surface area contributed by atoms with Crippen molar-refractivity contribution in [2.75, 3.05) is 42.7 Å². The van der Waals surface area contributed by atoms with Gasteiger partial charge in [0, 0.05) is 43.4 Å². The number of carbonyl (C=O) groups is 1. The smallest absolute Gasteiger partial charge is 0.326 e. The number of furan rings is 1. The van der Waals surface area contributed by atoms with Crippen molar-refractivity contribution in [2.45, 2.75) is 51.0 Å². The highest BCUT2D eigenvalue weighted by molar-refractivity contribution is 6.06. The lowest BCUT2D eigenvalue weighted by Crippen LogP contribution is -2.68. The molecule has 1 spiro atoms. The predicted molar refractivity (Wildman–Crippen MR) is 176 cm³/mol. The van der Waals surface area contributed by atoms with Crippen molar-refractivity contribution in [3.63, 3.8) is 0 Å². The zero-order chi connectivity index (χ0) is 33.2. The van der Waals surface area contributed by atoms with Crippen molar-refractivity contribution in [1.82, 2.24) is 24.7 Å². The molecule has 0 aliphatic carbocycles. The average molecular weight is 650 g/mol. The summed E-state index contributed by atoms with van der Waals surface area (Å²) in [6.07, 6.45) is 3.30. The summed E-state index contributed by atoms with van der Waals surface area (Å²) in [4.78, 5) is 30.7. The Labute approximate surface area is 276 Å². The van der Waals surface area contributed by atoms with E-state index in [1.165, 1.54) is 0 Å². The van der Waals surface area contributed by atoms with Crippen LogP contribution < -0.4 is 14.5 Å². The zero-order valence-corrected chi connectivity index (χ0v) is 27.1. The van der Waals surface area contributed by atoms with Crippen LogP contribution in [0.5, 0.6) is 5.88 Å². The van der Waals surface area contributed by atoms with E-state index in [2.05, 4.69) is 38.7 Å². The first-order valence-corrected chi connectivity index (χ1v) is 16.0. The zero-order valence-electron chi connectivity index (χ0n) is 27.1. The number of carboxylic acid groups (broad SMARTS) is 1. The first-order valence-electron chi connectivity index (χ1n) is 16.0. The van der Waals surface area contributed by atoms with Gasteiger partial charge in [-0.05, 0) is 39.0 Å². The molecule has 0 saturated carbocycles. The van der Waals surface area contributed by atoms with Gasteiger partial charge in [0.1, 0.15) is 40.4 Å². The van der Waals surface area contributed by atoms with Crippen LogP contribution in [0, 0.1) is 25.7 Å². The monoisotopic (exact) mass is 649 g/mol. The van der Waals surface area contributed by atoms with Crippen LogP contribution in [-0.4, -0.2) is 92.5 Å². The molecule has 5 aromatic rings. The molecule has 3 saturated heterocycles. The third-order valence-electron chi connectivity index (χ3n) is 9.55. The largest absolute Gasteiger partial charge is 0.480 e. The number of morpholine rings is 1. The number of rotatable bonds is 5. The van der Waals surface area contributed by atoms with E-state index >= 15 is 0 Å². The fraction of sp³-hybridized carbons (Fsp3) is 0.400. The minimum atomic E-state index is -0.972. The number of pyridine rings is 1. The van der Waals surface area contributed by atoms with E-state index in [-0.39, 0.29) is 19.0 Å². The van der Waals surface area contributed by atoms with Crippen LogP contribution in [0.25, 0.3) is 22.1 Å². The van der Waals surface area contributed by atoms with Gasteiger partial charge < -0.3 is 33.5 Å². The van der Waals surface area contributed by atoms with Crippen molar-refractivity contribution in [2.24, 2.45) is 7.05 Å². The van der Waals surface area contributed by atoms with Crippen molar-refractivity contribution in [3.05, 3.63) is 65.4 Å². The summed E-state index contributed by atoms with van der Waals surface area (Å²) >= 11 is 0. The highest BCUT2D eigenvalue weighted by Gasteiger charge is 2.50. The van der Waals surface area contributed by atoms with E-state index in [0.29, 0.717) is 60.6 Å². The number of fused-ring (bicyclic) bond motifs is 3. The molecule has 7 heterocycles. The van der Waals surface area contributed by atoms with Gasteiger partial charge >= 0.3 is 5.97 Å².